The molecule has 0 aliphatic carbocycles. The van der Waals surface area contributed by atoms with Crippen molar-refractivity contribution in [3.63, 3.8) is 0 Å². The minimum atomic E-state index is -2.09. The van der Waals surface area contributed by atoms with Crippen LogP contribution in [0.1, 0.15) is 53.9 Å². The Morgan fingerprint density at radius 1 is 1.00 bits per heavy atom. The second-order valence-electron chi connectivity index (χ2n) is 5.58. The molecule has 1 unspecified atom stereocenters. The van der Waals surface area contributed by atoms with Crippen molar-refractivity contribution in [3.05, 3.63) is 0 Å². The normalized spacial score (nSPS) is 31.4. The first-order valence-electron chi connectivity index (χ1n) is 7.39. The summed E-state index contributed by atoms with van der Waals surface area (Å²) in [7, 11) is -3.96. The molecule has 4 heteroatoms. The molecule has 1 aliphatic heterocycles. The summed E-state index contributed by atoms with van der Waals surface area (Å²) in [6.45, 7) is 11.1. The Morgan fingerprint density at radius 2 is 1.53 bits per heavy atom. The van der Waals surface area contributed by atoms with Crippen LogP contribution in [0.3, 0.4) is 0 Å². The van der Waals surface area contributed by atoms with Gasteiger partial charge in [-0.1, -0.05) is 34.6 Å². The molecule has 0 amide bonds. The van der Waals surface area contributed by atoms with Gasteiger partial charge in [-0.15, -0.1) is 0 Å². The van der Waals surface area contributed by atoms with E-state index in [-0.39, 0.29) is 5.60 Å². The molecule has 0 radical (unpaired) electrons. The maximum atomic E-state index is 11.1. The molecule has 102 valence electrons. The fourth-order valence-electron chi connectivity index (χ4n) is 3.52. The second-order valence-corrected chi connectivity index (χ2v) is 18.0. The Balaban J connectivity index is 3.07. The first kappa shape index (κ1) is 15.4. The quantitative estimate of drug-likeness (QED) is 0.768. The van der Waals surface area contributed by atoms with Gasteiger partial charge in [0.15, 0.2) is 0 Å². The lowest BCUT2D eigenvalue weighted by atomic mass is 9.94. The Morgan fingerprint density at radius 3 is 1.88 bits per heavy atom. The molecule has 0 saturated carbocycles. The van der Waals surface area contributed by atoms with E-state index >= 15 is 0 Å². The van der Waals surface area contributed by atoms with Gasteiger partial charge in [0.1, 0.15) is 0 Å². The molecular formula is C13H30O2Si2. The highest BCUT2D eigenvalue weighted by Crippen LogP contribution is 2.45. The number of hydrogen-bond acceptors (Lipinski definition) is 2. The van der Waals surface area contributed by atoms with Crippen LogP contribution < -0.4 is 0 Å². The summed E-state index contributed by atoms with van der Waals surface area (Å²) in [6, 6.07) is 4.27. The van der Waals surface area contributed by atoms with Gasteiger partial charge >= 0.3 is 0 Å². The molecule has 0 bridgehead atoms. The molecule has 0 aromatic carbocycles. The second kappa shape index (κ2) is 5.55. The van der Waals surface area contributed by atoms with Gasteiger partial charge in [-0.05, 0) is 43.4 Å². The maximum absolute atomic E-state index is 11.1. The minimum absolute atomic E-state index is 0.0899. The molecule has 0 spiro atoms. The molecular weight excluding hydrogens is 244 g/mol. The smallest absolute Gasteiger partial charge is 0.211 e. The van der Waals surface area contributed by atoms with Crippen molar-refractivity contribution in [2.75, 3.05) is 0 Å². The van der Waals surface area contributed by atoms with Crippen molar-refractivity contribution < 1.29 is 9.22 Å². The van der Waals surface area contributed by atoms with Crippen molar-refractivity contribution in [2.24, 2.45) is 0 Å². The van der Waals surface area contributed by atoms with Crippen molar-refractivity contribution >= 4 is 15.7 Å². The summed E-state index contributed by atoms with van der Waals surface area (Å²) < 4.78 is 6.72. The average Bonchev–Trinajstić information content (AvgIpc) is 2.40. The Bertz CT molecular complexity index is 250. The molecule has 17 heavy (non-hydrogen) atoms. The van der Waals surface area contributed by atoms with Crippen molar-refractivity contribution in [3.8, 4) is 0 Å². The van der Waals surface area contributed by atoms with E-state index in [1.54, 1.807) is 0 Å². The number of rotatable bonds is 5. The van der Waals surface area contributed by atoms with Crippen molar-refractivity contribution in [1.29, 1.82) is 0 Å². The summed E-state index contributed by atoms with van der Waals surface area (Å²) in [5.41, 5.74) is 0.0899. The highest BCUT2D eigenvalue weighted by Gasteiger charge is 2.59. The van der Waals surface area contributed by atoms with E-state index in [4.69, 9.17) is 4.43 Å². The van der Waals surface area contributed by atoms with Crippen LogP contribution in [0.2, 0.25) is 24.2 Å². The predicted molar refractivity (Wildman–Crippen MR) is 79.0 cm³/mol. The highest BCUT2D eigenvalue weighted by atomic mass is 29.3. The van der Waals surface area contributed by atoms with Gasteiger partial charge in [-0.2, -0.15) is 0 Å². The average molecular weight is 275 g/mol. The van der Waals surface area contributed by atoms with E-state index in [1.807, 2.05) is 0 Å². The zero-order valence-electron chi connectivity index (χ0n) is 12.3. The first-order chi connectivity index (χ1) is 7.97. The van der Waals surface area contributed by atoms with Gasteiger partial charge in [0.25, 0.3) is 0 Å². The first-order valence-corrected chi connectivity index (χ1v) is 13.1. The molecule has 1 rings (SSSR count). The van der Waals surface area contributed by atoms with Crippen LogP contribution in [0.5, 0.6) is 0 Å². The lowest BCUT2D eigenvalue weighted by Crippen LogP contribution is -2.70. The molecule has 1 atom stereocenters. The number of hydrogen-bond donors (Lipinski definition) is 1. The van der Waals surface area contributed by atoms with E-state index in [0.29, 0.717) is 0 Å². The molecule has 1 saturated heterocycles. The molecule has 1 aliphatic rings. The summed E-state index contributed by atoms with van der Waals surface area (Å²) in [5.74, 6) is 0. The van der Waals surface area contributed by atoms with Crippen LogP contribution in [-0.4, -0.2) is 26.1 Å². The summed E-state index contributed by atoms with van der Waals surface area (Å²) in [5, 5.41) is 0. The molecule has 1 fully saturated rings. The highest BCUT2D eigenvalue weighted by molar-refractivity contribution is 7.37. The molecule has 0 aromatic rings. The third kappa shape index (κ3) is 2.41. The Kier molecular flexibility index (Phi) is 5.03. The molecule has 1 N–H and O–H groups in total. The van der Waals surface area contributed by atoms with Crippen LogP contribution in [0.15, 0.2) is 0 Å². The fourth-order valence-corrected chi connectivity index (χ4v) is 18.2. The van der Waals surface area contributed by atoms with E-state index in [9.17, 15) is 4.80 Å². The molecule has 2 nitrogen and oxygen atoms in total. The van der Waals surface area contributed by atoms with E-state index in [0.717, 1.165) is 43.4 Å². The topological polar surface area (TPSA) is 29.5 Å². The van der Waals surface area contributed by atoms with Crippen molar-refractivity contribution in [1.82, 2.24) is 0 Å². The van der Waals surface area contributed by atoms with Gasteiger partial charge < -0.3 is 9.22 Å². The van der Waals surface area contributed by atoms with Gasteiger partial charge in [-0.25, -0.2) is 0 Å². The monoisotopic (exact) mass is 274 g/mol. The third-order valence-corrected chi connectivity index (χ3v) is 21.6. The van der Waals surface area contributed by atoms with Crippen LogP contribution in [0.4, 0.5) is 0 Å². The standard InChI is InChI=1S/C13H30O2Si2/c1-6-13(7-2)11-12-16(14,8-3)17(9-4,10-5)15-13/h14H,6-12H2,1-5H3. The van der Waals surface area contributed by atoms with Crippen LogP contribution in [-0.2, 0) is 4.43 Å². The third-order valence-electron chi connectivity index (χ3n) is 5.27. The van der Waals surface area contributed by atoms with Gasteiger partial charge in [0, 0.05) is 0 Å². The summed E-state index contributed by atoms with van der Waals surface area (Å²) >= 11 is 0. The summed E-state index contributed by atoms with van der Waals surface area (Å²) in [6.07, 6.45) is 3.30. The maximum Gasteiger partial charge on any atom is 0.211 e. The Labute approximate surface area is 109 Å². The van der Waals surface area contributed by atoms with Gasteiger partial charge in [-0.3, -0.25) is 0 Å². The SMILES string of the molecule is CCC1(CC)CC[Si](O)(CC)[Si](CC)(CC)O1. The molecule has 0 aromatic heterocycles. The van der Waals surface area contributed by atoms with E-state index < -0.39 is 15.7 Å². The predicted octanol–water partition coefficient (Wildman–Crippen LogP) is 3.99. The van der Waals surface area contributed by atoms with E-state index in [1.165, 1.54) is 0 Å². The fraction of sp³-hybridized carbons (Fsp3) is 1.00. The van der Waals surface area contributed by atoms with Crippen LogP contribution in [0.25, 0.3) is 0 Å². The van der Waals surface area contributed by atoms with Gasteiger partial charge in [0.2, 0.25) is 15.7 Å². The zero-order chi connectivity index (χ0) is 13.2. The van der Waals surface area contributed by atoms with Crippen molar-refractivity contribution in [2.45, 2.75) is 83.7 Å². The Hall–Kier alpha value is 0.354. The zero-order valence-corrected chi connectivity index (χ0v) is 14.3. The lowest BCUT2D eigenvalue weighted by molar-refractivity contribution is 0.0383. The summed E-state index contributed by atoms with van der Waals surface area (Å²) in [4.78, 5) is 11.1. The lowest BCUT2D eigenvalue weighted by Gasteiger charge is -2.54. The minimum Gasteiger partial charge on any atom is -0.431 e. The van der Waals surface area contributed by atoms with E-state index in [2.05, 4.69) is 34.6 Å². The largest absolute Gasteiger partial charge is 0.431 e. The van der Waals surface area contributed by atoms with Crippen LogP contribution >= 0.6 is 0 Å². The van der Waals surface area contributed by atoms with Crippen LogP contribution in [0, 0.1) is 0 Å². The molecule has 1 heterocycles. The van der Waals surface area contributed by atoms with Gasteiger partial charge in [0.05, 0.1) is 5.60 Å².